The molecule has 0 aromatic carbocycles. The van der Waals surface area contributed by atoms with Gasteiger partial charge in [-0.05, 0) is 20.3 Å². The summed E-state index contributed by atoms with van der Waals surface area (Å²) in [6, 6.07) is -0.0984. The highest BCUT2D eigenvalue weighted by Gasteiger charge is 2.15. The summed E-state index contributed by atoms with van der Waals surface area (Å²) in [6.07, 6.45) is 0.591. The SMILES string of the molecule is Cc1nn(C)c(C)c1C(N)CCO. The third-order valence-electron chi connectivity index (χ3n) is 2.38. The number of aromatic nitrogens is 2. The van der Waals surface area contributed by atoms with Crippen molar-refractivity contribution < 1.29 is 5.11 Å². The molecule has 4 heteroatoms. The van der Waals surface area contributed by atoms with Gasteiger partial charge in [-0.3, -0.25) is 4.68 Å². The Labute approximate surface area is 78.4 Å². The van der Waals surface area contributed by atoms with Gasteiger partial charge in [-0.2, -0.15) is 5.10 Å². The second-order valence-corrected chi connectivity index (χ2v) is 3.33. The van der Waals surface area contributed by atoms with Crippen LogP contribution in [0.5, 0.6) is 0 Å². The summed E-state index contributed by atoms with van der Waals surface area (Å²) < 4.78 is 1.82. The fraction of sp³-hybridized carbons (Fsp3) is 0.667. The van der Waals surface area contributed by atoms with Crippen molar-refractivity contribution >= 4 is 0 Å². The Balaban J connectivity index is 2.98. The molecule has 1 atom stereocenters. The Hall–Kier alpha value is -0.870. The molecule has 0 aliphatic heterocycles. The van der Waals surface area contributed by atoms with E-state index in [1.54, 1.807) is 0 Å². The molecule has 74 valence electrons. The normalized spacial score (nSPS) is 13.3. The van der Waals surface area contributed by atoms with Crippen molar-refractivity contribution in [1.82, 2.24) is 9.78 Å². The van der Waals surface area contributed by atoms with Crippen LogP contribution in [-0.2, 0) is 7.05 Å². The van der Waals surface area contributed by atoms with Crippen LogP contribution in [0.15, 0.2) is 0 Å². The van der Waals surface area contributed by atoms with Crippen LogP contribution in [-0.4, -0.2) is 21.5 Å². The quantitative estimate of drug-likeness (QED) is 0.713. The standard InChI is InChI=1S/C9H17N3O/c1-6-9(8(10)4-5-13)7(2)12(3)11-6/h8,13H,4-5,10H2,1-3H3. The summed E-state index contributed by atoms with van der Waals surface area (Å²) in [5.41, 5.74) is 9.01. The van der Waals surface area contributed by atoms with Gasteiger partial charge in [-0.15, -0.1) is 0 Å². The molecule has 1 unspecified atom stereocenters. The number of aryl methyl sites for hydroxylation is 2. The topological polar surface area (TPSA) is 64.1 Å². The lowest BCUT2D eigenvalue weighted by atomic mass is 10.0. The fourth-order valence-electron chi connectivity index (χ4n) is 1.61. The summed E-state index contributed by atoms with van der Waals surface area (Å²) >= 11 is 0. The molecule has 0 saturated carbocycles. The van der Waals surface area contributed by atoms with E-state index in [2.05, 4.69) is 5.10 Å². The zero-order chi connectivity index (χ0) is 10.0. The summed E-state index contributed by atoms with van der Waals surface area (Å²) in [5.74, 6) is 0. The lowest BCUT2D eigenvalue weighted by molar-refractivity contribution is 0.276. The average Bonchev–Trinajstić information content (AvgIpc) is 2.27. The lowest BCUT2D eigenvalue weighted by Gasteiger charge is -2.10. The maximum absolute atomic E-state index is 8.78. The first-order chi connectivity index (χ1) is 6.07. The first kappa shape index (κ1) is 10.2. The molecule has 0 aliphatic rings. The molecule has 13 heavy (non-hydrogen) atoms. The molecule has 3 N–H and O–H groups in total. The van der Waals surface area contributed by atoms with Gasteiger partial charge in [-0.1, -0.05) is 0 Å². The highest BCUT2D eigenvalue weighted by atomic mass is 16.3. The van der Waals surface area contributed by atoms with Crippen LogP contribution in [0.4, 0.5) is 0 Å². The molecule has 0 radical (unpaired) electrons. The number of hydrogen-bond donors (Lipinski definition) is 2. The molecule has 1 rings (SSSR count). The summed E-state index contributed by atoms with van der Waals surface area (Å²) in [5, 5.41) is 13.0. The van der Waals surface area contributed by atoms with E-state index in [0.29, 0.717) is 6.42 Å². The molecular weight excluding hydrogens is 166 g/mol. The molecule has 0 fully saturated rings. The number of aliphatic hydroxyl groups is 1. The van der Waals surface area contributed by atoms with E-state index in [1.807, 2.05) is 25.6 Å². The summed E-state index contributed by atoms with van der Waals surface area (Å²) in [4.78, 5) is 0. The molecule has 0 aliphatic carbocycles. The van der Waals surface area contributed by atoms with Crippen LogP contribution in [0.25, 0.3) is 0 Å². The van der Waals surface area contributed by atoms with Gasteiger partial charge in [0.1, 0.15) is 0 Å². The third-order valence-corrected chi connectivity index (χ3v) is 2.38. The van der Waals surface area contributed by atoms with Gasteiger partial charge in [0.2, 0.25) is 0 Å². The fourth-order valence-corrected chi connectivity index (χ4v) is 1.61. The van der Waals surface area contributed by atoms with E-state index in [-0.39, 0.29) is 12.6 Å². The van der Waals surface area contributed by atoms with E-state index in [1.165, 1.54) is 0 Å². The van der Waals surface area contributed by atoms with Crippen molar-refractivity contribution in [1.29, 1.82) is 0 Å². The summed E-state index contributed by atoms with van der Waals surface area (Å²) in [6.45, 7) is 4.06. The monoisotopic (exact) mass is 183 g/mol. The van der Waals surface area contributed by atoms with Crippen molar-refractivity contribution in [2.45, 2.75) is 26.3 Å². The number of rotatable bonds is 3. The molecule has 1 aromatic heterocycles. The van der Waals surface area contributed by atoms with Crippen molar-refractivity contribution in [3.8, 4) is 0 Å². The predicted molar refractivity (Wildman–Crippen MR) is 51.3 cm³/mol. The van der Waals surface area contributed by atoms with Gasteiger partial charge in [0.25, 0.3) is 0 Å². The van der Waals surface area contributed by atoms with Gasteiger partial charge in [0.15, 0.2) is 0 Å². The zero-order valence-corrected chi connectivity index (χ0v) is 8.41. The number of nitrogens with two attached hydrogens (primary N) is 1. The minimum atomic E-state index is -0.0984. The smallest absolute Gasteiger partial charge is 0.0644 e. The minimum absolute atomic E-state index is 0.0984. The first-order valence-corrected chi connectivity index (χ1v) is 4.44. The minimum Gasteiger partial charge on any atom is -0.396 e. The van der Waals surface area contributed by atoms with Gasteiger partial charge in [-0.25, -0.2) is 0 Å². The van der Waals surface area contributed by atoms with Crippen molar-refractivity contribution in [2.75, 3.05) is 6.61 Å². The highest BCUT2D eigenvalue weighted by Crippen LogP contribution is 2.20. The Morgan fingerprint density at radius 1 is 1.54 bits per heavy atom. The Morgan fingerprint density at radius 2 is 2.15 bits per heavy atom. The van der Waals surface area contributed by atoms with Crippen LogP contribution in [0.1, 0.15) is 29.4 Å². The Kier molecular flexibility index (Phi) is 3.06. The summed E-state index contributed by atoms with van der Waals surface area (Å²) in [7, 11) is 1.90. The molecule has 1 heterocycles. The van der Waals surface area contributed by atoms with Crippen LogP contribution >= 0.6 is 0 Å². The van der Waals surface area contributed by atoms with Crippen molar-refractivity contribution in [2.24, 2.45) is 12.8 Å². The van der Waals surface area contributed by atoms with Gasteiger partial charge >= 0.3 is 0 Å². The number of aliphatic hydroxyl groups excluding tert-OH is 1. The first-order valence-electron chi connectivity index (χ1n) is 4.44. The largest absolute Gasteiger partial charge is 0.396 e. The molecule has 0 saturated heterocycles. The average molecular weight is 183 g/mol. The molecule has 0 bridgehead atoms. The van der Waals surface area contributed by atoms with E-state index in [4.69, 9.17) is 10.8 Å². The van der Waals surface area contributed by atoms with Crippen LogP contribution in [0, 0.1) is 13.8 Å². The molecule has 0 amide bonds. The van der Waals surface area contributed by atoms with E-state index < -0.39 is 0 Å². The van der Waals surface area contributed by atoms with Crippen LogP contribution < -0.4 is 5.73 Å². The second-order valence-electron chi connectivity index (χ2n) is 3.33. The van der Waals surface area contributed by atoms with Crippen LogP contribution in [0.2, 0.25) is 0 Å². The predicted octanol–water partition coefficient (Wildman–Crippen LogP) is 0.419. The van der Waals surface area contributed by atoms with E-state index in [9.17, 15) is 0 Å². The Morgan fingerprint density at radius 3 is 2.54 bits per heavy atom. The van der Waals surface area contributed by atoms with Gasteiger partial charge < -0.3 is 10.8 Å². The third kappa shape index (κ3) is 1.89. The highest BCUT2D eigenvalue weighted by molar-refractivity contribution is 5.27. The molecular formula is C9H17N3O. The van der Waals surface area contributed by atoms with Gasteiger partial charge in [0.05, 0.1) is 5.69 Å². The number of hydrogen-bond acceptors (Lipinski definition) is 3. The van der Waals surface area contributed by atoms with Crippen LogP contribution in [0.3, 0.4) is 0 Å². The molecule has 0 spiro atoms. The maximum Gasteiger partial charge on any atom is 0.0644 e. The zero-order valence-electron chi connectivity index (χ0n) is 8.41. The van der Waals surface area contributed by atoms with Gasteiger partial charge in [0, 0.05) is 31.0 Å². The van der Waals surface area contributed by atoms with Crippen molar-refractivity contribution in [3.05, 3.63) is 17.0 Å². The number of nitrogens with zero attached hydrogens (tertiary/aromatic N) is 2. The maximum atomic E-state index is 8.78. The molecule has 1 aromatic rings. The van der Waals surface area contributed by atoms with Crippen molar-refractivity contribution in [3.63, 3.8) is 0 Å². The molecule has 4 nitrogen and oxygen atoms in total. The van der Waals surface area contributed by atoms with E-state index >= 15 is 0 Å². The lowest BCUT2D eigenvalue weighted by Crippen LogP contribution is -2.13. The second kappa shape index (κ2) is 3.89. The van der Waals surface area contributed by atoms with E-state index in [0.717, 1.165) is 17.0 Å². The Bertz CT molecular complexity index is 293.